The standard InChI is InChI=1S/C17H17F3N6.CH4O3S/c1-10(2)26(9-11-5-3-7-22-13(11)17(18,19)20)16-24-14(21)12-6-4-8-23-15(12)25-16;1-5(2,3)4/h3-8,10H,9H2,1-2H3,(H2,21,23,24,25);1H3,(H,2,3,4). The molecule has 0 amide bonds. The van der Waals surface area contributed by atoms with E-state index >= 15 is 0 Å². The summed E-state index contributed by atoms with van der Waals surface area (Å²) in [7, 11) is -3.67. The van der Waals surface area contributed by atoms with Crippen LogP contribution in [0.1, 0.15) is 25.1 Å². The van der Waals surface area contributed by atoms with Crippen LogP contribution in [-0.4, -0.2) is 45.2 Å². The van der Waals surface area contributed by atoms with Crippen molar-refractivity contribution in [1.82, 2.24) is 19.9 Å². The van der Waals surface area contributed by atoms with E-state index < -0.39 is 22.0 Å². The molecule has 13 heteroatoms. The first kappa shape index (κ1) is 24.2. The third kappa shape index (κ3) is 7.00. The second-order valence-corrected chi connectivity index (χ2v) is 8.21. The molecular weight excluding hydrogens is 437 g/mol. The van der Waals surface area contributed by atoms with E-state index in [2.05, 4.69) is 19.9 Å². The number of fused-ring (bicyclic) bond motifs is 1. The summed E-state index contributed by atoms with van der Waals surface area (Å²) < 4.78 is 65.6. The maximum Gasteiger partial charge on any atom is 0.433 e. The van der Waals surface area contributed by atoms with Crippen molar-refractivity contribution >= 4 is 32.9 Å². The lowest BCUT2D eigenvalue weighted by atomic mass is 10.1. The normalized spacial score (nSPS) is 11.9. The molecule has 0 aromatic carbocycles. The van der Waals surface area contributed by atoms with Crippen molar-refractivity contribution in [2.45, 2.75) is 32.6 Å². The van der Waals surface area contributed by atoms with Crippen LogP contribution in [0.25, 0.3) is 11.0 Å². The van der Waals surface area contributed by atoms with Gasteiger partial charge in [-0.3, -0.25) is 9.54 Å². The van der Waals surface area contributed by atoms with E-state index in [1.54, 1.807) is 23.2 Å². The Bertz CT molecular complexity index is 1150. The molecule has 3 N–H and O–H groups in total. The largest absolute Gasteiger partial charge is 0.433 e. The summed E-state index contributed by atoms with van der Waals surface area (Å²) in [5.74, 6) is 0.451. The van der Waals surface area contributed by atoms with Crippen molar-refractivity contribution in [1.29, 1.82) is 0 Å². The molecule has 3 aromatic rings. The summed E-state index contributed by atoms with van der Waals surface area (Å²) in [4.78, 5) is 17.9. The quantitative estimate of drug-likeness (QED) is 0.566. The maximum atomic E-state index is 13.2. The van der Waals surface area contributed by atoms with Gasteiger partial charge in [-0.05, 0) is 32.0 Å². The summed E-state index contributed by atoms with van der Waals surface area (Å²) in [6, 6.07) is 6.16. The first-order chi connectivity index (χ1) is 14.3. The van der Waals surface area contributed by atoms with Gasteiger partial charge in [0.25, 0.3) is 10.1 Å². The van der Waals surface area contributed by atoms with Crippen LogP contribution in [0.2, 0.25) is 0 Å². The third-order valence-electron chi connectivity index (χ3n) is 3.87. The Kier molecular flexibility index (Phi) is 7.33. The Balaban J connectivity index is 0.000000614. The topological polar surface area (TPSA) is 135 Å². The SMILES string of the molecule is CC(C)N(Cc1cccnc1C(F)(F)F)c1nc(N)c2cccnc2n1.CS(=O)(=O)O. The molecule has 0 aliphatic heterocycles. The second-order valence-electron chi connectivity index (χ2n) is 6.75. The minimum absolute atomic E-state index is 0.0389. The number of hydrogen-bond acceptors (Lipinski definition) is 8. The minimum atomic E-state index is -4.54. The van der Waals surface area contributed by atoms with E-state index in [0.717, 1.165) is 6.20 Å². The molecule has 0 saturated carbocycles. The molecule has 168 valence electrons. The molecule has 9 nitrogen and oxygen atoms in total. The Labute approximate surface area is 176 Å². The third-order valence-corrected chi connectivity index (χ3v) is 3.87. The lowest BCUT2D eigenvalue weighted by molar-refractivity contribution is -0.141. The Morgan fingerprint density at radius 1 is 1.13 bits per heavy atom. The van der Waals surface area contributed by atoms with Gasteiger partial charge in [-0.1, -0.05) is 6.07 Å². The van der Waals surface area contributed by atoms with Crippen LogP contribution < -0.4 is 10.6 Å². The van der Waals surface area contributed by atoms with Crippen molar-refractivity contribution < 1.29 is 26.1 Å². The number of rotatable bonds is 4. The molecule has 3 rings (SSSR count). The highest BCUT2D eigenvalue weighted by Gasteiger charge is 2.35. The van der Waals surface area contributed by atoms with E-state index in [1.807, 2.05) is 13.8 Å². The molecule has 0 atom stereocenters. The van der Waals surface area contributed by atoms with Gasteiger partial charge in [-0.2, -0.15) is 31.6 Å². The predicted octanol–water partition coefficient (Wildman–Crippen LogP) is 2.94. The van der Waals surface area contributed by atoms with E-state index in [-0.39, 0.29) is 29.9 Å². The van der Waals surface area contributed by atoms with Crippen LogP contribution >= 0.6 is 0 Å². The van der Waals surface area contributed by atoms with Gasteiger partial charge in [-0.15, -0.1) is 0 Å². The summed E-state index contributed by atoms with van der Waals surface area (Å²) in [6.45, 7) is 3.62. The number of alkyl halides is 3. The highest BCUT2D eigenvalue weighted by atomic mass is 32.2. The molecular formula is C18H21F3N6O3S. The van der Waals surface area contributed by atoms with Crippen LogP contribution in [0.15, 0.2) is 36.7 Å². The molecule has 3 aromatic heterocycles. The molecule has 0 aliphatic carbocycles. The predicted molar refractivity (Wildman–Crippen MR) is 110 cm³/mol. The van der Waals surface area contributed by atoms with Gasteiger partial charge in [-0.25, -0.2) is 4.98 Å². The molecule has 0 spiro atoms. The zero-order valence-electron chi connectivity index (χ0n) is 16.9. The van der Waals surface area contributed by atoms with Crippen molar-refractivity contribution in [3.63, 3.8) is 0 Å². The van der Waals surface area contributed by atoms with Crippen LogP contribution in [0.4, 0.5) is 24.9 Å². The Hall–Kier alpha value is -3.06. The highest BCUT2D eigenvalue weighted by Crippen LogP contribution is 2.31. The lowest BCUT2D eigenvalue weighted by Crippen LogP contribution is -2.33. The van der Waals surface area contributed by atoms with Crippen molar-refractivity contribution in [3.05, 3.63) is 47.9 Å². The Morgan fingerprint density at radius 3 is 2.29 bits per heavy atom. The zero-order chi connectivity index (χ0) is 23.4. The number of aromatic nitrogens is 4. The molecule has 0 bridgehead atoms. The lowest BCUT2D eigenvalue weighted by Gasteiger charge is -2.28. The smallest absolute Gasteiger partial charge is 0.383 e. The van der Waals surface area contributed by atoms with Crippen molar-refractivity contribution in [3.8, 4) is 0 Å². The highest BCUT2D eigenvalue weighted by molar-refractivity contribution is 7.85. The van der Waals surface area contributed by atoms with Crippen molar-refractivity contribution in [2.24, 2.45) is 0 Å². The first-order valence-corrected chi connectivity index (χ1v) is 10.7. The molecule has 0 radical (unpaired) electrons. The number of halogens is 3. The monoisotopic (exact) mass is 458 g/mol. The summed E-state index contributed by atoms with van der Waals surface area (Å²) >= 11 is 0. The molecule has 31 heavy (non-hydrogen) atoms. The Morgan fingerprint density at radius 2 is 1.71 bits per heavy atom. The zero-order valence-corrected chi connectivity index (χ0v) is 17.7. The second kappa shape index (κ2) is 9.39. The number of hydrogen-bond donors (Lipinski definition) is 2. The van der Waals surface area contributed by atoms with Crippen LogP contribution in [0.5, 0.6) is 0 Å². The van der Waals surface area contributed by atoms with Gasteiger partial charge in [0, 0.05) is 30.5 Å². The molecule has 0 saturated heterocycles. The van der Waals surface area contributed by atoms with Gasteiger partial charge in [0.15, 0.2) is 5.65 Å². The van der Waals surface area contributed by atoms with Crippen LogP contribution in [-0.2, 0) is 22.8 Å². The number of nitrogens with two attached hydrogens (primary N) is 1. The van der Waals surface area contributed by atoms with Crippen LogP contribution in [0.3, 0.4) is 0 Å². The molecule has 0 fully saturated rings. The summed E-state index contributed by atoms with van der Waals surface area (Å²) in [6.07, 6.45) is -1.13. The number of pyridine rings is 2. The van der Waals surface area contributed by atoms with E-state index in [4.69, 9.17) is 10.3 Å². The van der Waals surface area contributed by atoms with E-state index in [1.165, 1.54) is 12.1 Å². The van der Waals surface area contributed by atoms with Gasteiger partial charge in [0.2, 0.25) is 5.95 Å². The average Bonchev–Trinajstić information content (AvgIpc) is 2.64. The number of anilines is 2. The van der Waals surface area contributed by atoms with Gasteiger partial charge in [0.1, 0.15) is 11.5 Å². The van der Waals surface area contributed by atoms with Gasteiger partial charge >= 0.3 is 6.18 Å². The first-order valence-electron chi connectivity index (χ1n) is 8.85. The van der Waals surface area contributed by atoms with Gasteiger partial charge in [0.05, 0.1) is 11.6 Å². The van der Waals surface area contributed by atoms with Crippen LogP contribution in [0, 0.1) is 0 Å². The fraction of sp³-hybridized carbons (Fsp3) is 0.333. The molecule has 3 heterocycles. The molecule has 0 aliphatic rings. The maximum absolute atomic E-state index is 13.2. The van der Waals surface area contributed by atoms with E-state index in [0.29, 0.717) is 17.3 Å². The fourth-order valence-electron chi connectivity index (χ4n) is 2.59. The van der Waals surface area contributed by atoms with Gasteiger partial charge < -0.3 is 10.6 Å². The minimum Gasteiger partial charge on any atom is -0.383 e. The average molecular weight is 458 g/mol. The molecule has 0 unspecified atom stereocenters. The number of nitrogen functional groups attached to an aromatic ring is 1. The fourth-order valence-corrected chi connectivity index (χ4v) is 2.59. The summed E-state index contributed by atoms with van der Waals surface area (Å²) in [5, 5.41) is 0.595. The van der Waals surface area contributed by atoms with E-state index in [9.17, 15) is 21.6 Å². The van der Waals surface area contributed by atoms with Crippen molar-refractivity contribution in [2.75, 3.05) is 16.9 Å². The summed E-state index contributed by atoms with van der Waals surface area (Å²) in [5.41, 5.74) is 5.49. The number of nitrogens with zero attached hydrogens (tertiary/aromatic N) is 5.